The molecular formula is C23H23ClN2O4. The monoisotopic (exact) mass is 426 g/mol. The zero-order valence-electron chi connectivity index (χ0n) is 16.5. The van der Waals surface area contributed by atoms with Gasteiger partial charge in [-0.3, -0.25) is 4.79 Å². The summed E-state index contributed by atoms with van der Waals surface area (Å²) in [7, 11) is 0. The van der Waals surface area contributed by atoms with Crippen LogP contribution in [0.4, 0.5) is 0 Å². The molecule has 0 spiro atoms. The van der Waals surface area contributed by atoms with Crippen molar-refractivity contribution >= 4 is 39.3 Å². The van der Waals surface area contributed by atoms with E-state index in [9.17, 15) is 9.90 Å². The normalized spacial score (nSPS) is 13.6. The highest BCUT2D eigenvalue weighted by Gasteiger charge is 2.17. The highest BCUT2D eigenvalue weighted by Crippen LogP contribution is 2.30. The van der Waals surface area contributed by atoms with Crippen LogP contribution in [0.15, 0.2) is 59.2 Å². The largest absolute Gasteiger partial charge is 0.467 e. The van der Waals surface area contributed by atoms with Crippen molar-refractivity contribution in [2.45, 2.75) is 25.6 Å². The number of hydrogen-bond acceptors (Lipinski definition) is 4. The molecule has 6 nitrogen and oxygen atoms in total. The van der Waals surface area contributed by atoms with Crippen LogP contribution in [0, 0.1) is 0 Å². The number of aromatic nitrogens is 1. The van der Waals surface area contributed by atoms with Gasteiger partial charge in [-0.15, -0.1) is 0 Å². The number of nitrogens with one attached hydrogen (secondary N) is 2. The Morgan fingerprint density at radius 3 is 2.87 bits per heavy atom. The molecule has 2 aromatic heterocycles. The van der Waals surface area contributed by atoms with E-state index in [0.717, 1.165) is 27.4 Å². The lowest BCUT2D eigenvalue weighted by Gasteiger charge is -2.16. The molecule has 0 saturated carbocycles. The SMILES string of the molecule is C[C@@H](C(=O)NC[C@H](O)COCc1ccco1)c1ccc2c(c1)[nH]c1ccc(Cl)cc12. The molecule has 2 atom stereocenters. The van der Waals surface area contributed by atoms with E-state index < -0.39 is 6.10 Å². The van der Waals surface area contributed by atoms with Crippen molar-refractivity contribution in [1.29, 1.82) is 0 Å². The van der Waals surface area contributed by atoms with Crippen molar-refractivity contribution in [3.05, 3.63) is 71.1 Å². The third-order valence-corrected chi connectivity index (χ3v) is 5.36. The summed E-state index contributed by atoms with van der Waals surface area (Å²) in [6.45, 7) is 2.35. The summed E-state index contributed by atoms with van der Waals surface area (Å²) in [5.74, 6) is 0.175. The quantitative estimate of drug-likeness (QED) is 0.390. The molecule has 0 aliphatic rings. The molecule has 0 aliphatic heterocycles. The fourth-order valence-corrected chi connectivity index (χ4v) is 3.61. The molecule has 4 aromatic rings. The predicted octanol–water partition coefficient (Wildman–Crippen LogP) is 4.36. The van der Waals surface area contributed by atoms with Crippen LogP contribution >= 0.6 is 11.6 Å². The standard InChI is InChI=1S/C23H23ClN2O4/c1-14(23(28)25-11-17(27)12-29-13-18-3-2-8-30-18)15-4-6-19-20-10-16(24)5-7-21(20)26-22(19)9-15/h2-10,14,17,26-27H,11-13H2,1H3,(H,25,28)/t14-,17+/m1/s1. The maximum Gasteiger partial charge on any atom is 0.227 e. The molecule has 4 rings (SSSR count). The van der Waals surface area contributed by atoms with Gasteiger partial charge in [-0.1, -0.05) is 23.7 Å². The molecule has 30 heavy (non-hydrogen) atoms. The zero-order chi connectivity index (χ0) is 21.1. The number of aromatic amines is 1. The Hall–Kier alpha value is -2.80. The van der Waals surface area contributed by atoms with Gasteiger partial charge in [-0.05, 0) is 48.9 Å². The Kier molecular flexibility index (Phi) is 6.08. The first-order valence-corrected chi connectivity index (χ1v) is 10.2. The molecule has 0 aliphatic carbocycles. The molecule has 0 unspecified atom stereocenters. The van der Waals surface area contributed by atoms with Gasteiger partial charge in [0, 0.05) is 33.4 Å². The molecule has 3 N–H and O–H groups in total. The van der Waals surface area contributed by atoms with Gasteiger partial charge < -0.3 is 24.6 Å². The number of benzene rings is 2. The summed E-state index contributed by atoms with van der Waals surface area (Å²) in [5.41, 5.74) is 2.85. The number of rotatable bonds is 8. The second kappa shape index (κ2) is 8.92. The molecule has 1 amide bonds. The number of hydrogen-bond donors (Lipinski definition) is 3. The number of ether oxygens (including phenoxy) is 1. The van der Waals surface area contributed by atoms with Crippen molar-refractivity contribution < 1.29 is 19.1 Å². The van der Waals surface area contributed by atoms with Gasteiger partial charge in [0.1, 0.15) is 12.4 Å². The number of amides is 1. The molecule has 0 bridgehead atoms. The van der Waals surface area contributed by atoms with Crippen LogP contribution in [-0.2, 0) is 16.1 Å². The number of carbonyl (C=O) groups excluding carboxylic acids is 1. The lowest BCUT2D eigenvalue weighted by molar-refractivity contribution is -0.122. The van der Waals surface area contributed by atoms with Crippen molar-refractivity contribution in [2.75, 3.05) is 13.2 Å². The second-order valence-corrected chi connectivity index (χ2v) is 7.77. The molecule has 0 saturated heterocycles. The number of halogens is 1. The maximum atomic E-state index is 12.6. The van der Waals surface area contributed by atoms with Crippen molar-refractivity contribution in [1.82, 2.24) is 10.3 Å². The number of carbonyl (C=O) groups is 1. The maximum absolute atomic E-state index is 12.6. The molecule has 0 fully saturated rings. The lowest BCUT2D eigenvalue weighted by atomic mass is 9.98. The van der Waals surface area contributed by atoms with Gasteiger partial charge in [-0.25, -0.2) is 0 Å². The summed E-state index contributed by atoms with van der Waals surface area (Å²) in [5, 5.41) is 15.6. The van der Waals surface area contributed by atoms with E-state index in [1.807, 2.05) is 43.3 Å². The number of H-pyrrole nitrogens is 1. The fourth-order valence-electron chi connectivity index (χ4n) is 3.43. The minimum Gasteiger partial charge on any atom is -0.467 e. The molecular weight excluding hydrogens is 404 g/mol. The van der Waals surface area contributed by atoms with Gasteiger partial charge in [-0.2, -0.15) is 0 Å². The first-order valence-electron chi connectivity index (χ1n) is 9.78. The van der Waals surface area contributed by atoms with Crippen LogP contribution < -0.4 is 5.32 Å². The smallest absolute Gasteiger partial charge is 0.227 e. The highest BCUT2D eigenvalue weighted by molar-refractivity contribution is 6.31. The fraction of sp³-hybridized carbons (Fsp3) is 0.261. The third kappa shape index (κ3) is 4.51. The van der Waals surface area contributed by atoms with Crippen LogP contribution in [0.5, 0.6) is 0 Å². The third-order valence-electron chi connectivity index (χ3n) is 5.12. The number of aliphatic hydroxyl groups excluding tert-OH is 1. The summed E-state index contributed by atoms with van der Waals surface area (Å²) < 4.78 is 10.6. The van der Waals surface area contributed by atoms with Gasteiger partial charge >= 0.3 is 0 Å². The van der Waals surface area contributed by atoms with E-state index in [4.69, 9.17) is 20.8 Å². The van der Waals surface area contributed by atoms with Gasteiger partial charge in [0.15, 0.2) is 0 Å². The summed E-state index contributed by atoms with van der Waals surface area (Å²) in [4.78, 5) is 15.9. The Balaban J connectivity index is 1.35. The average molecular weight is 427 g/mol. The summed E-state index contributed by atoms with van der Waals surface area (Å²) >= 11 is 6.12. The molecule has 0 radical (unpaired) electrons. The lowest BCUT2D eigenvalue weighted by Crippen LogP contribution is -2.36. The van der Waals surface area contributed by atoms with Crippen LogP contribution in [0.25, 0.3) is 21.8 Å². The van der Waals surface area contributed by atoms with E-state index in [2.05, 4.69) is 10.3 Å². The second-order valence-electron chi connectivity index (χ2n) is 7.34. The van der Waals surface area contributed by atoms with Gasteiger partial charge in [0.05, 0.1) is 24.9 Å². The summed E-state index contributed by atoms with van der Waals surface area (Å²) in [6.07, 6.45) is 0.774. The van der Waals surface area contributed by atoms with Gasteiger partial charge in [0.25, 0.3) is 0 Å². The Morgan fingerprint density at radius 2 is 2.07 bits per heavy atom. The van der Waals surface area contributed by atoms with Crippen molar-refractivity contribution in [2.24, 2.45) is 0 Å². The van der Waals surface area contributed by atoms with Gasteiger partial charge in [0.2, 0.25) is 5.91 Å². The first kappa shape index (κ1) is 20.5. The summed E-state index contributed by atoms with van der Waals surface area (Å²) in [6, 6.07) is 15.2. The number of furan rings is 1. The highest BCUT2D eigenvalue weighted by atomic mass is 35.5. The topological polar surface area (TPSA) is 87.5 Å². The van der Waals surface area contributed by atoms with Crippen LogP contribution in [0.3, 0.4) is 0 Å². The van der Waals surface area contributed by atoms with E-state index in [0.29, 0.717) is 10.8 Å². The number of fused-ring (bicyclic) bond motifs is 3. The van der Waals surface area contributed by atoms with Crippen LogP contribution in [-0.4, -0.2) is 35.3 Å². The van der Waals surface area contributed by atoms with Crippen molar-refractivity contribution in [3.63, 3.8) is 0 Å². The molecule has 7 heteroatoms. The van der Waals surface area contributed by atoms with Crippen LogP contribution in [0.2, 0.25) is 5.02 Å². The van der Waals surface area contributed by atoms with E-state index in [1.165, 1.54) is 0 Å². The van der Waals surface area contributed by atoms with E-state index in [-0.39, 0.29) is 31.6 Å². The van der Waals surface area contributed by atoms with Crippen molar-refractivity contribution in [3.8, 4) is 0 Å². The molecule has 2 aromatic carbocycles. The minimum atomic E-state index is -0.794. The average Bonchev–Trinajstić information content (AvgIpc) is 3.38. The number of aliphatic hydroxyl groups is 1. The Bertz CT molecular complexity index is 1150. The zero-order valence-corrected chi connectivity index (χ0v) is 17.3. The molecule has 2 heterocycles. The van der Waals surface area contributed by atoms with E-state index in [1.54, 1.807) is 18.4 Å². The Morgan fingerprint density at radius 1 is 1.20 bits per heavy atom. The minimum absolute atomic E-state index is 0.110. The Labute approximate surface area is 178 Å². The first-order chi connectivity index (χ1) is 14.5. The molecule has 156 valence electrons. The van der Waals surface area contributed by atoms with Crippen LogP contribution in [0.1, 0.15) is 24.2 Å². The van der Waals surface area contributed by atoms with E-state index >= 15 is 0 Å². The predicted molar refractivity (Wildman–Crippen MR) is 117 cm³/mol.